The summed E-state index contributed by atoms with van der Waals surface area (Å²) < 4.78 is 44.4. The molecule has 1 N–H and O–H groups in total. The van der Waals surface area contributed by atoms with E-state index in [1.54, 1.807) is 29.2 Å². The van der Waals surface area contributed by atoms with Gasteiger partial charge in [-0.3, -0.25) is 0 Å². The smallest absolute Gasteiger partial charge is 0.425 e. The van der Waals surface area contributed by atoms with E-state index < -0.39 is 22.8 Å². The van der Waals surface area contributed by atoms with Crippen LogP contribution >= 0.6 is 11.3 Å². The van der Waals surface area contributed by atoms with Crippen LogP contribution in [0.25, 0.3) is 5.57 Å². The van der Waals surface area contributed by atoms with Crippen molar-refractivity contribution in [1.82, 2.24) is 19.7 Å². The molecule has 0 saturated heterocycles. The van der Waals surface area contributed by atoms with Gasteiger partial charge in [0.1, 0.15) is 4.88 Å². The van der Waals surface area contributed by atoms with Crippen LogP contribution in [0, 0.1) is 0 Å². The van der Waals surface area contributed by atoms with Crippen molar-refractivity contribution in [3.05, 3.63) is 68.5 Å². The molecule has 8 nitrogen and oxygen atoms in total. The molecule has 4 heterocycles. The average molecular weight is 465 g/mol. The van der Waals surface area contributed by atoms with Crippen LogP contribution in [-0.4, -0.2) is 51.2 Å². The molecule has 4 rings (SSSR count). The number of anilines is 1. The Balaban J connectivity index is 1.49. The van der Waals surface area contributed by atoms with Gasteiger partial charge in [0.25, 0.3) is 0 Å². The van der Waals surface area contributed by atoms with Crippen LogP contribution in [0.5, 0.6) is 5.88 Å². The highest BCUT2D eigenvalue weighted by Crippen LogP contribution is 2.34. The Hall–Kier alpha value is -3.25. The Morgan fingerprint density at radius 3 is 2.72 bits per heavy atom. The molecule has 0 radical (unpaired) electrons. The third kappa shape index (κ3) is 4.65. The number of hydrogen-bond donors (Lipinski definition) is 1. The maximum Gasteiger partial charge on any atom is 0.425 e. The van der Waals surface area contributed by atoms with Crippen LogP contribution < -0.4 is 15.3 Å². The highest BCUT2D eigenvalue weighted by molar-refractivity contribution is 7.12. The second-order valence-corrected chi connectivity index (χ2v) is 8.13. The summed E-state index contributed by atoms with van der Waals surface area (Å²) in [6.45, 7) is 0.424. The molecule has 1 aliphatic rings. The lowest BCUT2D eigenvalue weighted by molar-refractivity contribution is -0.134. The van der Waals surface area contributed by atoms with Crippen molar-refractivity contribution in [2.45, 2.75) is 18.8 Å². The van der Waals surface area contributed by atoms with Gasteiger partial charge in [-0.05, 0) is 18.2 Å². The highest BCUT2D eigenvalue weighted by Gasteiger charge is 2.32. The van der Waals surface area contributed by atoms with Gasteiger partial charge in [0, 0.05) is 29.6 Å². The first-order valence-electron chi connectivity index (χ1n) is 9.49. The fraction of sp³-hybridized carbons (Fsp3) is 0.300. The van der Waals surface area contributed by atoms with Gasteiger partial charge >= 0.3 is 11.9 Å². The van der Waals surface area contributed by atoms with E-state index in [1.165, 1.54) is 19.4 Å². The van der Waals surface area contributed by atoms with E-state index in [0.717, 1.165) is 10.7 Å². The molecule has 0 unspecified atom stereocenters. The van der Waals surface area contributed by atoms with E-state index in [4.69, 9.17) is 4.74 Å². The molecule has 168 valence electrons. The third-order valence-electron chi connectivity index (χ3n) is 4.83. The topological polar surface area (TPSA) is 93.4 Å². The number of β-amino-alcohol motifs (C(OH)–C–C–N with tert-alkyl or cyclic N) is 1. The summed E-state index contributed by atoms with van der Waals surface area (Å²) >= 11 is 0.558. The monoisotopic (exact) mass is 465 g/mol. The zero-order chi connectivity index (χ0) is 22.9. The highest BCUT2D eigenvalue weighted by atomic mass is 32.1. The van der Waals surface area contributed by atoms with Crippen molar-refractivity contribution in [3.8, 4) is 5.88 Å². The fourth-order valence-electron chi connectivity index (χ4n) is 3.26. The molecule has 3 aromatic rings. The first-order valence-corrected chi connectivity index (χ1v) is 10.3. The molecule has 1 atom stereocenters. The second-order valence-electron chi connectivity index (χ2n) is 6.96. The van der Waals surface area contributed by atoms with Crippen molar-refractivity contribution in [2.24, 2.45) is 0 Å². The third-order valence-corrected chi connectivity index (χ3v) is 5.94. The Labute approximate surface area is 184 Å². The van der Waals surface area contributed by atoms with Gasteiger partial charge in [-0.15, -0.1) is 11.3 Å². The summed E-state index contributed by atoms with van der Waals surface area (Å²) in [7, 11) is 1.51. The summed E-state index contributed by atoms with van der Waals surface area (Å²) in [4.78, 5) is 22.0. The van der Waals surface area contributed by atoms with Crippen molar-refractivity contribution in [2.75, 3.05) is 25.1 Å². The van der Waals surface area contributed by atoms with E-state index in [0.29, 0.717) is 39.9 Å². The second kappa shape index (κ2) is 8.71. The number of aliphatic hydroxyl groups excluding tert-OH is 1. The van der Waals surface area contributed by atoms with Gasteiger partial charge in [0.15, 0.2) is 5.82 Å². The van der Waals surface area contributed by atoms with Crippen molar-refractivity contribution in [3.63, 3.8) is 0 Å². The minimum Gasteiger partial charge on any atom is -0.481 e. The molecule has 0 aromatic carbocycles. The van der Waals surface area contributed by atoms with E-state index in [9.17, 15) is 23.1 Å². The lowest BCUT2D eigenvalue weighted by Gasteiger charge is -2.30. The lowest BCUT2D eigenvalue weighted by atomic mass is 10.0. The van der Waals surface area contributed by atoms with Crippen LogP contribution in [-0.2, 0) is 12.7 Å². The summed E-state index contributed by atoms with van der Waals surface area (Å²) in [5, 5.41) is 14.6. The maximum absolute atomic E-state index is 12.8. The van der Waals surface area contributed by atoms with Gasteiger partial charge in [0.05, 0.1) is 31.6 Å². The number of aromatic nitrogens is 4. The minimum absolute atomic E-state index is 0.110. The molecular weight excluding hydrogens is 447 g/mol. The molecular formula is C20H18F3N5O3S. The first-order chi connectivity index (χ1) is 15.2. The SMILES string of the molecule is COc1cccc(C2=CCN(c3cnn(Cc4ccc(C(F)(F)F)s4)c(=O)n3)C[C@@H]2O)n1. The zero-order valence-corrected chi connectivity index (χ0v) is 17.6. The average Bonchev–Trinajstić information content (AvgIpc) is 3.24. The molecule has 3 aromatic heterocycles. The van der Waals surface area contributed by atoms with Gasteiger partial charge in [-0.25, -0.2) is 14.5 Å². The Morgan fingerprint density at radius 2 is 2.06 bits per heavy atom. The predicted octanol–water partition coefficient (Wildman–Crippen LogP) is 2.44. The van der Waals surface area contributed by atoms with E-state index in [2.05, 4.69) is 15.1 Å². The Bertz CT molecular complexity index is 1210. The number of aliphatic hydroxyl groups is 1. The number of rotatable bonds is 5. The molecule has 0 fully saturated rings. The Morgan fingerprint density at radius 1 is 1.25 bits per heavy atom. The van der Waals surface area contributed by atoms with Crippen LogP contribution in [0.1, 0.15) is 15.4 Å². The molecule has 0 spiro atoms. The molecule has 0 saturated carbocycles. The normalized spacial score (nSPS) is 16.7. The number of ether oxygens (including phenoxy) is 1. The van der Waals surface area contributed by atoms with Crippen LogP contribution in [0.4, 0.5) is 19.0 Å². The maximum atomic E-state index is 12.8. The number of pyridine rings is 1. The van der Waals surface area contributed by atoms with E-state index in [-0.39, 0.29) is 18.9 Å². The summed E-state index contributed by atoms with van der Waals surface area (Å²) in [5.41, 5.74) is 0.537. The number of hydrogen-bond acceptors (Lipinski definition) is 8. The molecule has 0 aliphatic carbocycles. The first kappa shape index (κ1) is 22.0. The molecule has 0 bridgehead atoms. The van der Waals surface area contributed by atoms with Gasteiger partial charge in [0.2, 0.25) is 5.88 Å². The standard InChI is InChI=1S/C20H18F3N5O3S/c1-31-18-4-2-3-14(25-18)13-7-8-27(11-15(13)29)17-9-24-28(19(30)26-17)10-12-5-6-16(32-12)20(21,22)23/h2-7,9,15,29H,8,10-11H2,1H3/t15-/m0/s1. The number of halogens is 3. The summed E-state index contributed by atoms with van der Waals surface area (Å²) in [6.07, 6.45) is -2.16. The number of thiophene rings is 1. The van der Waals surface area contributed by atoms with E-state index >= 15 is 0 Å². The number of methoxy groups -OCH3 is 1. The zero-order valence-electron chi connectivity index (χ0n) is 16.8. The van der Waals surface area contributed by atoms with Gasteiger partial charge in [-0.2, -0.15) is 23.3 Å². The summed E-state index contributed by atoms with van der Waals surface area (Å²) in [5.74, 6) is 0.696. The van der Waals surface area contributed by atoms with E-state index in [1.807, 2.05) is 0 Å². The van der Waals surface area contributed by atoms with Gasteiger partial charge in [-0.1, -0.05) is 12.1 Å². The van der Waals surface area contributed by atoms with Crippen molar-refractivity contribution < 1.29 is 23.0 Å². The van der Waals surface area contributed by atoms with Crippen LogP contribution in [0.3, 0.4) is 0 Å². The minimum atomic E-state index is -4.43. The lowest BCUT2D eigenvalue weighted by Crippen LogP contribution is -2.39. The molecule has 12 heteroatoms. The quantitative estimate of drug-likeness (QED) is 0.619. The number of nitrogens with zero attached hydrogens (tertiary/aromatic N) is 5. The Kier molecular flexibility index (Phi) is 5.98. The van der Waals surface area contributed by atoms with Gasteiger partial charge < -0.3 is 14.7 Å². The molecule has 32 heavy (non-hydrogen) atoms. The fourth-order valence-corrected chi connectivity index (χ4v) is 4.11. The molecule has 1 aliphatic heterocycles. The van der Waals surface area contributed by atoms with Crippen LogP contribution in [0.15, 0.2) is 47.4 Å². The van der Waals surface area contributed by atoms with Crippen LogP contribution in [0.2, 0.25) is 0 Å². The molecule has 0 amide bonds. The number of alkyl halides is 3. The largest absolute Gasteiger partial charge is 0.481 e. The predicted molar refractivity (Wildman–Crippen MR) is 112 cm³/mol. The van der Waals surface area contributed by atoms with Crippen molar-refractivity contribution >= 4 is 22.7 Å². The summed E-state index contributed by atoms with van der Waals surface area (Å²) in [6, 6.07) is 7.54. The van der Waals surface area contributed by atoms with Crippen molar-refractivity contribution in [1.29, 1.82) is 0 Å².